The van der Waals surface area contributed by atoms with Gasteiger partial charge >= 0.3 is 0 Å². The highest BCUT2D eigenvalue weighted by Crippen LogP contribution is 2.18. The molecule has 0 saturated heterocycles. The molecule has 4 N–H and O–H groups in total. The maximum atomic E-state index is 11.9. The van der Waals surface area contributed by atoms with Crippen molar-refractivity contribution in [2.45, 2.75) is 26.3 Å². The van der Waals surface area contributed by atoms with E-state index in [0.29, 0.717) is 23.8 Å². The van der Waals surface area contributed by atoms with Crippen molar-refractivity contribution >= 4 is 11.6 Å². The summed E-state index contributed by atoms with van der Waals surface area (Å²) in [6.45, 7) is 5.77. The molecule has 0 heterocycles. The smallest absolute Gasteiger partial charge is 0.253 e. The number of aromatic hydroxyl groups is 1. The van der Waals surface area contributed by atoms with E-state index >= 15 is 0 Å². The maximum Gasteiger partial charge on any atom is 0.253 e. The molecule has 0 atom stereocenters. The Bertz CT molecular complexity index is 433. The van der Waals surface area contributed by atoms with Gasteiger partial charge < -0.3 is 21.1 Å². The van der Waals surface area contributed by atoms with Crippen LogP contribution in [0.25, 0.3) is 0 Å². The molecule has 0 saturated carbocycles. The van der Waals surface area contributed by atoms with E-state index in [2.05, 4.69) is 31.1 Å². The number of phenols is 1. The van der Waals surface area contributed by atoms with E-state index in [1.54, 1.807) is 0 Å². The van der Waals surface area contributed by atoms with Crippen LogP contribution in [-0.2, 0) is 0 Å². The fraction of sp³-hybridized carbons (Fsp3) is 0.500. The maximum absolute atomic E-state index is 11.9. The van der Waals surface area contributed by atoms with Crippen molar-refractivity contribution in [3.05, 3.63) is 23.8 Å². The molecule has 106 valence electrons. The number of nitrogens with one attached hydrogen (secondary N) is 1. The molecule has 1 aromatic carbocycles. The number of anilines is 1. The topological polar surface area (TPSA) is 78.6 Å². The van der Waals surface area contributed by atoms with Crippen molar-refractivity contribution in [3.63, 3.8) is 0 Å². The van der Waals surface area contributed by atoms with Crippen molar-refractivity contribution in [1.29, 1.82) is 0 Å². The summed E-state index contributed by atoms with van der Waals surface area (Å²) in [6.07, 6.45) is 0.874. The zero-order chi connectivity index (χ0) is 14.4. The molecular weight excluding hydrogens is 242 g/mol. The van der Waals surface area contributed by atoms with Crippen LogP contribution in [0.4, 0.5) is 5.69 Å². The van der Waals surface area contributed by atoms with Gasteiger partial charge in [0.05, 0.1) is 5.56 Å². The number of nitrogens with zero attached hydrogens (tertiary/aromatic N) is 1. The standard InChI is InChI=1S/C14H23N3O2/c1-10(2)17(3)8-4-7-16-14(19)12-9-11(18)5-6-13(12)15/h5-6,9-10,18H,4,7-8,15H2,1-3H3,(H,16,19). The molecule has 1 aromatic rings. The molecule has 5 heteroatoms. The van der Waals surface area contributed by atoms with Gasteiger partial charge in [0, 0.05) is 18.3 Å². The molecular formula is C14H23N3O2. The summed E-state index contributed by atoms with van der Waals surface area (Å²) in [7, 11) is 2.06. The van der Waals surface area contributed by atoms with E-state index in [1.807, 2.05) is 0 Å². The minimum Gasteiger partial charge on any atom is -0.508 e. The highest BCUT2D eigenvalue weighted by molar-refractivity contribution is 5.99. The quantitative estimate of drug-likeness (QED) is 0.413. The van der Waals surface area contributed by atoms with E-state index in [-0.39, 0.29) is 11.7 Å². The largest absolute Gasteiger partial charge is 0.508 e. The van der Waals surface area contributed by atoms with Gasteiger partial charge in [-0.05, 0) is 52.1 Å². The average molecular weight is 265 g/mol. The lowest BCUT2D eigenvalue weighted by Gasteiger charge is -2.20. The Morgan fingerprint density at radius 1 is 1.47 bits per heavy atom. The van der Waals surface area contributed by atoms with E-state index in [0.717, 1.165) is 13.0 Å². The number of hydrogen-bond acceptors (Lipinski definition) is 4. The van der Waals surface area contributed by atoms with Gasteiger partial charge in [0.2, 0.25) is 0 Å². The van der Waals surface area contributed by atoms with Crippen LogP contribution >= 0.6 is 0 Å². The first kappa shape index (κ1) is 15.3. The van der Waals surface area contributed by atoms with Gasteiger partial charge in [-0.1, -0.05) is 0 Å². The van der Waals surface area contributed by atoms with Gasteiger partial charge in [-0.15, -0.1) is 0 Å². The lowest BCUT2D eigenvalue weighted by atomic mass is 10.1. The zero-order valence-corrected chi connectivity index (χ0v) is 11.8. The second-order valence-electron chi connectivity index (χ2n) is 4.96. The molecule has 0 aliphatic carbocycles. The molecule has 0 fully saturated rings. The van der Waals surface area contributed by atoms with Crippen molar-refractivity contribution in [3.8, 4) is 5.75 Å². The second kappa shape index (κ2) is 6.99. The van der Waals surface area contributed by atoms with E-state index in [9.17, 15) is 9.90 Å². The third-order valence-electron chi connectivity index (χ3n) is 3.14. The molecule has 1 rings (SSSR count). The summed E-state index contributed by atoms with van der Waals surface area (Å²) in [5.74, 6) is -0.209. The Labute approximate surface area is 114 Å². The number of benzene rings is 1. The molecule has 0 radical (unpaired) electrons. The van der Waals surface area contributed by atoms with Crippen LogP contribution in [-0.4, -0.2) is 42.1 Å². The minimum atomic E-state index is -0.249. The predicted molar refractivity (Wildman–Crippen MR) is 77.2 cm³/mol. The number of carbonyl (C=O) groups is 1. The second-order valence-corrected chi connectivity index (χ2v) is 4.96. The highest BCUT2D eigenvalue weighted by atomic mass is 16.3. The highest BCUT2D eigenvalue weighted by Gasteiger charge is 2.10. The first-order valence-corrected chi connectivity index (χ1v) is 6.48. The molecule has 0 unspecified atom stereocenters. The van der Waals surface area contributed by atoms with Crippen LogP contribution in [0.2, 0.25) is 0 Å². The number of nitrogen functional groups attached to an aromatic ring is 1. The predicted octanol–water partition coefficient (Wildman–Crippen LogP) is 1.43. The molecule has 0 spiro atoms. The summed E-state index contributed by atoms with van der Waals surface area (Å²) in [5.41, 5.74) is 6.39. The van der Waals surface area contributed by atoms with Crippen LogP contribution in [0.5, 0.6) is 5.75 Å². The molecule has 5 nitrogen and oxygen atoms in total. The third-order valence-corrected chi connectivity index (χ3v) is 3.14. The van der Waals surface area contributed by atoms with Gasteiger partial charge in [0.1, 0.15) is 5.75 Å². The Hall–Kier alpha value is -1.75. The van der Waals surface area contributed by atoms with Crippen molar-refractivity contribution in [2.24, 2.45) is 0 Å². The normalized spacial score (nSPS) is 11.0. The number of phenolic OH excluding ortho intramolecular Hbond substituents is 1. The fourth-order valence-corrected chi connectivity index (χ4v) is 1.62. The fourth-order valence-electron chi connectivity index (χ4n) is 1.62. The van der Waals surface area contributed by atoms with Crippen molar-refractivity contribution in [1.82, 2.24) is 10.2 Å². The molecule has 0 bridgehead atoms. The van der Waals surface area contributed by atoms with E-state index in [1.165, 1.54) is 18.2 Å². The van der Waals surface area contributed by atoms with Gasteiger partial charge in [0.25, 0.3) is 5.91 Å². The van der Waals surface area contributed by atoms with Crippen molar-refractivity contribution < 1.29 is 9.90 Å². The van der Waals surface area contributed by atoms with Crippen molar-refractivity contribution in [2.75, 3.05) is 25.9 Å². The molecule has 0 aliphatic heterocycles. The summed E-state index contributed by atoms with van der Waals surface area (Å²) >= 11 is 0. The minimum absolute atomic E-state index is 0.0406. The summed E-state index contributed by atoms with van der Waals surface area (Å²) in [4.78, 5) is 14.1. The van der Waals surface area contributed by atoms with Gasteiger partial charge in [0.15, 0.2) is 0 Å². The Morgan fingerprint density at radius 3 is 2.79 bits per heavy atom. The third kappa shape index (κ3) is 4.79. The summed E-state index contributed by atoms with van der Waals surface area (Å²) in [5, 5.41) is 12.2. The van der Waals surface area contributed by atoms with Crippen LogP contribution in [0.3, 0.4) is 0 Å². The SMILES string of the molecule is CC(C)N(C)CCCNC(=O)c1cc(O)ccc1N. The van der Waals surface area contributed by atoms with Gasteiger partial charge in [-0.3, -0.25) is 4.79 Å². The number of rotatable bonds is 6. The number of carbonyl (C=O) groups excluding carboxylic acids is 1. The molecule has 0 aliphatic rings. The van der Waals surface area contributed by atoms with Crippen LogP contribution in [0, 0.1) is 0 Å². The lowest BCUT2D eigenvalue weighted by molar-refractivity contribution is 0.0952. The van der Waals surface area contributed by atoms with Crippen LogP contribution in [0.15, 0.2) is 18.2 Å². The number of nitrogens with two attached hydrogens (primary N) is 1. The molecule has 0 aromatic heterocycles. The molecule has 19 heavy (non-hydrogen) atoms. The summed E-state index contributed by atoms with van der Waals surface area (Å²) < 4.78 is 0. The summed E-state index contributed by atoms with van der Waals surface area (Å²) in [6, 6.07) is 4.86. The molecule has 1 amide bonds. The Balaban J connectivity index is 2.41. The Kier molecular flexibility index (Phi) is 5.63. The average Bonchev–Trinajstić information content (AvgIpc) is 2.36. The van der Waals surface area contributed by atoms with Crippen LogP contribution in [0.1, 0.15) is 30.6 Å². The number of hydrogen-bond donors (Lipinski definition) is 3. The number of amides is 1. The van der Waals surface area contributed by atoms with E-state index in [4.69, 9.17) is 5.73 Å². The lowest BCUT2D eigenvalue weighted by Crippen LogP contribution is -2.31. The van der Waals surface area contributed by atoms with Crippen LogP contribution < -0.4 is 11.1 Å². The first-order chi connectivity index (χ1) is 8.91. The Morgan fingerprint density at radius 2 is 2.16 bits per heavy atom. The monoisotopic (exact) mass is 265 g/mol. The first-order valence-electron chi connectivity index (χ1n) is 6.48. The van der Waals surface area contributed by atoms with Gasteiger partial charge in [-0.25, -0.2) is 0 Å². The zero-order valence-electron chi connectivity index (χ0n) is 11.8. The van der Waals surface area contributed by atoms with Gasteiger partial charge in [-0.2, -0.15) is 0 Å². The van der Waals surface area contributed by atoms with E-state index < -0.39 is 0 Å².